The first-order valence-corrected chi connectivity index (χ1v) is 6.47. The van der Waals surface area contributed by atoms with Crippen LogP contribution in [-0.2, 0) is 4.74 Å². The predicted octanol–water partition coefficient (Wildman–Crippen LogP) is 2.93. The lowest BCUT2D eigenvalue weighted by Crippen LogP contribution is -2.37. The van der Waals surface area contributed by atoms with Crippen LogP contribution < -0.4 is 4.90 Å². The quantitative estimate of drug-likeness (QED) is 0.841. The standard InChI is InChI=1S/C13H15BrN2O/c1-9-12(5-6-17-9)16(2)13-4-3-11(14)7-10(13)8-15/h3-4,7,9,12H,5-6H2,1-2H3. The minimum Gasteiger partial charge on any atom is -0.376 e. The summed E-state index contributed by atoms with van der Waals surface area (Å²) in [6.45, 7) is 2.88. The molecule has 17 heavy (non-hydrogen) atoms. The predicted molar refractivity (Wildman–Crippen MR) is 71.1 cm³/mol. The Kier molecular flexibility index (Phi) is 3.70. The van der Waals surface area contributed by atoms with E-state index in [1.54, 1.807) is 0 Å². The van der Waals surface area contributed by atoms with Gasteiger partial charge in [-0.1, -0.05) is 15.9 Å². The first kappa shape index (κ1) is 12.4. The Morgan fingerprint density at radius 3 is 2.88 bits per heavy atom. The van der Waals surface area contributed by atoms with Crippen molar-refractivity contribution in [3.8, 4) is 6.07 Å². The number of nitriles is 1. The summed E-state index contributed by atoms with van der Waals surface area (Å²) in [5.74, 6) is 0. The molecule has 2 atom stereocenters. The molecule has 0 aromatic heterocycles. The molecule has 0 saturated carbocycles. The van der Waals surface area contributed by atoms with Crippen molar-refractivity contribution < 1.29 is 4.74 Å². The number of ether oxygens (including phenoxy) is 1. The monoisotopic (exact) mass is 294 g/mol. The van der Waals surface area contributed by atoms with E-state index in [1.807, 2.05) is 25.2 Å². The van der Waals surface area contributed by atoms with Gasteiger partial charge in [0.2, 0.25) is 0 Å². The van der Waals surface area contributed by atoms with Crippen LogP contribution in [0.2, 0.25) is 0 Å². The third kappa shape index (κ3) is 2.46. The molecule has 1 aliphatic heterocycles. The number of likely N-dealkylation sites (N-methyl/N-ethyl adjacent to an activating group) is 1. The van der Waals surface area contributed by atoms with E-state index in [0.29, 0.717) is 11.6 Å². The molecule has 1 aromatic rings. The van der Waals surface area contributed by atoms with Crippen molar-refractivity contribution in [2.75, 3.05) is 18.6 Å². The number of benzene rings is 1. The van der Waals surface area contributed by atoms with E-state index < -0.39 is 0 Å². The van der Waals surface area contributed by atoms with Crippen molar-refractivity contribution in [1.29, 1.82) is 5.26 Å². The average Bonchev–Trinajstić information content (AvgIpc) is 2.74. The van der Waals surface area contributed by atoms with Crippen LogP contribution >= 0.6 is 15.9 Å². The fourth-order valence-corrected chi connectivity index (χ4v) is 2.67. The third-order valence-corrected chi connectivity index (χ3v) is 3.79. The molecule has 0 N–H and O–H groups in total. The second-order valence-corrected chi connectivity index (χ2v) is 5.23. The van der Waals surface area contributed by atoms with Crippen LogP contribution in [0.5, 0.6) is 0 Å². The second kappa shape index (κ2) is 5.07. The van der Waals surface area contributed by atoms with Crippen LogP contribution in [0.4, 0.5) is 5.69 Å². The molecular formula is C13H15BrN2O. The molecule has 1 aliphatic rings. The molecule has 1 heterocycles. The van der Waals surface area contributed by atoms with Crippen molar-refractivity contribution >= 4 is 21.6 Å². The summed E-state index contributed by atoms with van der Waals surface area (Å²) >= 11 is 3.39. The van der Waals surface area contributed by atoms with Gasteiger partial charge in [0.25, 0.3) is 0 Å². The lowest BCUT2D eigenvalue weighted by atomic mass is 10.1. The highest BCUT2D eigenvalue weighted by Gasteiger charge is 2.29. The van der Waals surface area contributed by atoms with Gasteiger partial charge in [-0.15, -0.1) is 0 Å². The van der Waals surface area contributed by atoms with Gasteiger partial charge in [-0.05, 0) is 31.5 Å². The third-order valence-electron chi connectivity index (χ3n) is 3.29. The van der Waals surface area contributed by atoms with Crippen LogP contribution in [0.3, 0.4) is 0 Å². The molecule has 2 unspecified atom stereocenters. The zero-order chi connectivity index (χ0) is 12.4. The summed E-state index contributed by atoms with van der Waals surface area (Å²) < 4.78 is 6.50. The summed E-state index contributed by atoms with van der Waals surface area (Å²) in [4.78, 5) is 2.16. The molecule has 90 valence electrons. The number of hydrogen-bond donors (Lipinski definition) is 0. The molecular weight excluding hydrogens is 280 g/mol. The Morgan fingerprint density at radius 1 is 1.53 bits per heavy atom. The van der Waals surface area contributed by atoms with Crippen molar-refractivity contribution in [1.82, 2.24) is 0 Å². The van der Waals surface area contributed by atoms with Crippen LogP contribution in [0.1, 0.15) is 18.9 Å². The number of hydrogen-bond acceptors (Lipinski definition) is 3. The summed E-state index contributed by atoms with van der Waals surface area (Å²) in [6, 6.07) is 8.39. The summed E-state index contributed by atoms with van der Waals surface area (Å²) in [5.41, 5.74) is 1.67. The molecule has 0 aliphatic carbocycles. The van der Waals surface area contributed by atoms with Gasteiger partial charge in [0.05, 0.1) is 23.4 Å². The molecule has 0 bridgehead atoms. The normalized spacial score (nSPS) is 23.4. The minimum absolute atomic E-state index is 0.218. The molecule has 0 amide bonds. The van der Waals surface area contributed by atoms with Crippen molar-refractivity contribution in [3.63, 3.8) is 0 Å². The number of anilines is 1. The highest BCUT2D eigenvalue weighted by Crippen LogP contribution is 2.28. The molecule has 1 fully saturated rings. The Morgan fingerprint density at radius 2 is 2.29 bits per heavy atom. The summed E-state index contributed by atoms with van der Waals surface area (Å²) in [5, 5.41) is 9.17. The summed E-state index contributed by atoms with van der Waals surface area (Å²) in [7, 11) is 2.03. The van der Waals surface area contributed by atoms with Gasteiger partial charge in [0.1, 0.15) is 6.07 Å². The fraction of sp³-hybridized carbons (Fsp3) is 0.462. The molecule has 1 aromatic carbocycles. The van der Waals surface area contributed by atoms with E-state index in [9.17, 15) is 5.26 Å². The van der Waals surface area contributed by atoms with Crippen LogP contribution in [0, 0.1) is 11.3 Å². The van der Waals surface area contributed by atoms with E-state index in [1.165, 1.54) is 0 Å². The first-order valence-electron chi connectivity index (χ1n) is 5.67. The molecule has 2 rings (SSSR count). The highest BCUT2D eigenvalue weighted by atomic mass is 79.9. The zero-order valence-electron chi connectivity index (χ0n) is 9.98. The van der Waals surface area contributed by atoms with E-state index >= 15 is 0 Å². The molecule has 3 nitrogen and oxygen atoms in total. The summed E-state index contributed by atoms with van der Waals surface area (Å²) in [6.07, 6.45) is 1.23. The highest BCUT2D eigenvalue weighted by molar-refractivity contribution is 9.10. The number of nitrogens with zero attached hydrogens (tertiary/aromatic N) is 2. The van der Waals surface area contributed by atoms with Crippen molar-refractivity contribution in [2.24, 2.45) is 0 Å². The number of halogens is 1. The van der Waals surface area contributed by atoms with Crippen molar-refractivity contribution in [2.45, 2.75) is 25.5 Å². The van der Waals surface area contributed by atoms with E-state index in [4.69, 9.17) is 4.74 Å². The Labute approximate surface area is 110 Å². The Bertz CT molecular complexity index is 455. The first-order chi connectivity index (χ1) is 8.13. The second-order valence-electron chi connectivity index (χ2n) is 4.32. The van der Waals surface area contributed by atoms with Crippen LogP contribution in [0.25, 0.3) is 0 Å². The van der Waals surface area contributed by atoms with E-state index in [0.717, 1.165) is 23.2 Å². The average molecular weight is 295 g/mol. The number of rotatable bonds is 2. The van der Waals surface area contributed by atoms with Gasteiger partial charge < -0.3 is 9.64 Å². The van der Waals surface area contributed by atoms with E-state index in [-0.39, 0.29) is 6.10 Å². The van der Waals surface area contributed by atoms with Gasteiger partial charge in [-0.25, -0.2) is 0 Å². The largest absolute Gasteiger partial charge is 0.376 e. The lowest BCUT2D eigenvalue weighted by Gasteiger charge is -2.29. The maximum atomic E-state index is 9.17. The zero-order valence-corrected chi connectivity index (χ0v) is 11.6. The van der Waals surface area contributed by atoms with Crippen LogP contribution in [-0.4, -0.2) is 25.8 Å². The smallest absolute Gasteiger partial charge is 0.101 e. The Hall–Kier alpha value is -1.05. The molecule has 4 heteroatoms. The maximum Gasteiger partial charge on any atom is 0.101 e. The van der Waals surface area contributed by atoms with Gasteiger partial charge in [0.15, 0.2) is 0 Å². The lowest BCUT2D eigenvalue weighted by molar-refractivity contribution is 0.118. The van der Waals surface area contributed by atoms with Gasteiger partial charge in [0, 0.05) is 18.1 Å². The van der Waals surface area contributed by atoms with Gasteiger partial charge in [-0.3, -0.25) is 0 Å². The van der Waals surface area contributed by atoms with Crippen LogP contribution in [0.15, 0.2) is 22.7 Å². The Balaban J connectivity index is 2.30. The molecule has 1 saturated heterocycles. The topological polar surface area (TPSA) is 36.3 Å². The van der Waals surface area contributed by atoms with Gasteiger partial charge in [-0.2, -0.15) is 5.26 Å². The maximum absolute atomic E-state index is 9.17. The van der Waals surface area contributed by atoms with Crippen molar-refractivity contribution in [3.05, 3.63) is 28.2 Å². The minimum atomic E-state index is 0.218. The van der Waals surface area contributed by atoms with Gasteiger partial charge >= 0.3 is 0 Å². The SMILES string of the molecule is CC1OCCC1N(C)c1ccc(Br)cc1C#N. The molecule has 0 spiro atoms. The van der Waals surface area contributed by atoms with E-state index in [2.05, 4.69) is 33.8 Å². The molecule has 0 radical (unpaired) electrons. The fourth-order valence-electron chi connectivity index (χ4n) is 2.31.